The van der Waals surface area contributed by atoms with E-state index >= 15 is 4.79 Å². The van der Waals surface area contributed by atoms with Gasteiger partial charge in [0.05, 0.1) is 40.4 Å². The van der Waals surface area contributed by atoms with Crippen LogP contribution in [0.4, 0.5) is 19.0 Å². The van der Waals surface area contributed by atoms with Gasteiger partial charge in [0, 0.05) is 24.2 Å². The molecule has 3 fully saturated rings. The lowest BCUT2D eigenvalue weighted by molar-refractivity contribution is -0.140. The van der Waals surface area contributed by atoms with E-state index < -0.39 is 63.6 Å². The zero-order chi connectivity index (χ0) is 35.7. The predicted octanol–water partition coefficient (Wildman–Crippen LogP) is 5.39. The Bertz CT molecular complexity index is 1940. The first-order valence-electron chi connectivity index (χ1n) is 15.8. The van der Waals surface area contributed by atoms with Gasteiger partial charge < -0.3 is 9.84 Å². The summed E-state index contributed by atoms with van der Waals surface area (Å²) in [5.41, 5.74) is 1.61. The molecule has 15 heteroatoms. The minimum atomic E-state index is -4.73. The topological polar surface area (TPSA) is 129 Å². The number of aromatic nitrogens is 1. The molecule has 6 atom stereocenters. The Labute approximate surface area is 293 Å². The Morgan fingerprint density at radius 2 is 1.70 bits per heavy atom. The number of carbonyl (C=O) groups excluding carboxylic acids is 4. The molecule has 2 saturated heterocycles. The average molecular weight is 730 g/mol. The van der Waals surface area contributed by atoms with Gasteiger partial charge in [0.1, 0.15) is 12.4 Å². The van der Waals surface area contributed by atoms with Crippen LogP contribution in [-0.2, 0) is 30.8 Å². The number of imide groups is 2. The molecule has 10 nitrogen and oxygen atoms in total. The first kappa shape index (κ1) is 34.0. The summed E-state index contributed by atoms with van der Waals surface area (Å²) >= 11 is 12.5. The minimum absolute atomic E-state index is 0.0214. The highest BCUT2D eigenvalue weighted by molar-refractivity contribution is 6.33. The molecule has 7 rings (SSSR count). The standard InChI is InChI=1S/C35H29Cl2F3N4O6/c1-43-30(46)23-11-10-22-24(27(23)32(43)48)15-25-31(47)44(42-29-26(37)14-19(16-41-29)35(38,39)40)33(49)34(25,18-4-6-20(36)7-5-18)28(22)17-2-8-21(9-3-17)50-13-12-45/h2-10,14,16,23-25,27-28,45H,11-13,15H2,1H3,(H,41,42). The molecule has 2 N–H and O–H groups in total. The molecule has 0 spiro atoms. The molecule has 0 radical (unpaired) electrons. The molecular formula is C35H29Cl2F3N4O6. The maximum Gasteiger partial charge on any atom is 0.417 e. The molecule has 4 amide bonds. The van der Waals surface area contributed by atoms with Crippen LogP contribution >= 0.6 is 23.2 Å². The quantitative estimate of drug-likeness (QED) is 0.245. The van der Waals surface area contributed by atoms with E-state index in [9.17, 15) is 32.7 Å². The van der Waals surface area contributed by atoms with Crippen molar-refractivity contribution in [3.63, 3.8) is 0 Å². The van der Waals surface area contributed by atoms with Crippen LogP contribution in [-0.4, -0.2) is 63.9 Å². The van der Waals surface area contributed by atoms with Gasteiger partial charge in [-0.2, -0.15) is 18.2 Å². The second-order valence-electron chi connectivity index (χ2n) is 12.8. The van der Waals surface area contributed by atoms with Crippen molar-refractivity contribution >= 4 is 52.6 Å². The lowest BCUT2D eigenvalue weighted by atomic mass is 9.49. The van der Waals surface area contributed by atoms with Crippen LogP contribution in [0.5, 0.6) is 5.75 Å². The van der Waals surface area contributed by atoms with Crippen LogP contribution in [0.15, 0.2) is 72.4 Å². The molecule has 3 aromatic rings. The number of nitrogens with zero attached hydrogens (tertiary/aromatic N) is 3. The van der Waals surface area contributed by atoms with E-state index in [1.165, 1.54) is 7.05 Å². The molecule has 50 heavy (non-hydrogen) atoms. The van der Waals surface area contributed by atoms with E-state index in [1.807, 2.05) is 6.08 Å². The summed E-state index contributed by atoms with van der Waals surface area (Å²) in [6.45, 7) is -0.158. The number of likely N-dealkylation sites (tertiary alicyclic amines) is 1. The number of nitrogens with one attached hydrogen (secondary N) is 1. The lowest BCUT2D eigenvalue weighted by Gasteiger charge is -2.50. The highest BCUT2D eigenvalue weighted by Gasteiger charge is 2.70. The predicted molar refractivity (Wildman–Crippen MR) is 174 cm³/mol. The van der Waals surface area contributed by atoms with Crippen LogP contribution in [0.2, 0.25) is 10.0 Å². The Morgan fingerprint density at radius 1 is 1.00 bits per heavy atom. The molecular weight excluding hydrogens is 700 g/mol. The zero-order valence-corrected chi connectivity index (χ0v) is 27.8. The molecule has 1 aromatic heterocycles. The van der Waals surface area contributed by atoms with Crippen LogP contribution < -0.4 is 10.2 Å². The van der Waals surface area contributed by atoms with Gasteiger partial charge in [-0.1, -0.05) is 59.1 Å². The Balaban J connectivity index is 1.42. The van der Waals surface area contributed by atoms with Gasteiger partial charge in [-0.3, -0.25) is 29.5 Å². The summed E-state index contributed by atoms with van der Waals surface area (Å²) in [7, 11) is 1.43. The number of carbonyl (C=O) groups is 4. The van der Waals surface area contributed by atoms with Crippen LogP contribution in [0, 0.1) is 23.7 Å². The number of aliphatic hydroxyl groups excluding tert-OH is 1. The maximum absolute atomic E-state index is 15.1. The Morgan fingerprint density at radius 3 is 2.34 bits per heavy atom. The third-order valence-corrected chi connectivity index (χ3v) is 10.9. The fourth-order valence-electron chi connectivity index (χ4n) is 8.24. The van der Waals surface area contributed by atoms with Gasteiger partial charge in [0.2, 0.25) is 11.8 Å². The van der Waals surface area contributed by atoms with E-state index in [4.69, 9.17) is 27.9 Å². The molecule has 260 valence electrons. The molecule has 4 aliphatic rings. The third kappa shape index (κ3) is 5.16. The van der Waals surface area contributed by atoms with Crippen LogP contribution in [0.3, 0.4) is 0 Å². The third-order valence-electron chi connectivity index (χ3n) is 10.4. The molecule has 3 heterocycles. The number of anilines is 1. The molecule has 1 saturated carbocycles. The van der Waals surface area contributed by atoms with Crippen molar-refractivity contribution in [2.24, 2.45) is 23.7 Å². The van der Waals surface area contributed by atoms with Gasteiger partial charge >= 0.3 is 6.18 Å². The molecule has 2 aromatic carbocycles. The van der Waals surface area contributed by atoms with Gasteiger partial charge in [-0.15, -0.1) is 0 Å². The van der Waals surface area contributed by atoms with Crippen LogP contribution in [0.25, 0.3) is 0 Å². The van der Waals surface area contributed by atoms with E-state index in [2.05, 4.69) is 10.4 Å². The number of fused-ring (bicyclic) bond motifs is 4. The van der Waals surface area contributed by atoms with Gasteiger partial charge in [0.25, 0.3) is 11.8 Å². The summed E-state index contributed by atoms with van der Waals surface area (Å²) in [5.74, 6) is -5.95. The second kappa shape index (κ2) is 12.4. The second-order valence-corrected chi connectivity index (χ2v) is 13.6. The van der Waals surface area contributed by atoms with Crippen molar-refractivity contribution in [3.05, 3.63) is 99.2 Å². The average Bonchev–Trinajstić information content (AvgIpc) is 3.44. The first-order valence-corrected chi connectivity index (χ1v) is 16.5. The summed E-state index contributed by atoms with van der Waals surface area (Å²) in [4.78, 5) is 61.4. The molecule has 2 aliphatic carbocycles. The molecule has 2 aliphatic heterocycles. The summed E-state index contributed by atoms with van der Waals surface area (Å²) in [6.07, 6.45) is -2.02. The number of halogens is 5. The van der Waals surface area contributed by atoms with Crippen molar-refractivity contribution in [1.29, 1.82) is 0 Å². The SMILES string of the molecule is CN1C(=O)C2CC=C3C(CC4C(=O)N(Nc5ncc(C(F)(F)F)cc5Cl)C(=O)C4(c4ccc(Cl)cc4)C3c3ccc(OCCO)cc3)C2C1=O. The zero-order valence-electron chi connectivity index (χ0n) is 26.3. The summed E-state index contributed by atoms with van der Waals surface area (Å²) < 4.78 is 45.7. The maximum atomic E-state index is 15.1. The van der Waals surface area contributed by atoms with Crippen molar-refractivity contribution in [2.45, 2.75) is 30.4 Å². The number of alkyl halides is 3. The number of hydrazine groups is 1. The number of aliphatic hydroxyl groups is 1. The lowest BCUT2D eigenvalue weighted by Crippen LogP contribution is -2.53. The molecule has 0 bridgehead atoms. The largest absolute Gasteiger partial charge is 0.491 e. The monoisotopic (exact) mass is 728 g/mol. The van der Waals surface area contributed by atoms with E-state index in [0.717, 1.165) is 9.91 Å². The number of rotatable bonds is 7. The van der Waals surface area contributed by atoms with Crippen molar-refractivity contribution in [3.8, 4) is 5.75 Å². The minimum Gasteiger partial charge on any atom is -0.491 e. The number of amides is 4. The highest BCUT2D eigenvalue weighted by Crippen LogP contribution is 2.64. The fourth-order valence-corrected chi connectivity index (χ4v) is 8.57. The van der Waals surface area contributed by atoms with Gasteiger partial charge in [0.15, 0.2) is 5.82 Å². The van der Waals surface area contributed by atoms with Crippen LogP contribution in [0.1, 0.15) is 35.4 Å². The number of hydrogen-bond acceptors (Lipinski definition) is 8. The number of hydrogen-bond donors (Lipinski definition) is 2. The van der Waals surface area contributed by atoms with Gasteiger partial charge in [-0.25, -0.2) is 4.98 Å². The number of allylic oxidation sites excluding steroid dienone is 2. The number of benzene rings is 2. The van der Waals surface area contributed by atoms with E-state index in [0.29, 0.717) is 39.7 Å². The van der Waals surface area contributed by atoms with Crippen molar-refractivity contribution in [2.75, 3.05) is 25.7 Å². The fraction of sp³-hybridized carbons (Fsp3) is 0.343. The molecule has 6 unspecified atom stereocenters. The summed E-state index contributed by atoms with van der Waals surface area (Å²) in [6, 6.07) is 14.0. The summed E-state index contributed by atoms with van der Waals surface area (Å²) in [5, 5.41) is 9.90. The number of pyridine rings is 1. The Kier molecular flexibility index (Phi) is 8.43. The number of ether oxygens (including phenoxy) is 1. The first-order chi connectivity index (χ1) is 23.8. The van der Waals surface area contributed by atoms with Gasteiger partial charge in [-0.05, 0) is 60.2 Å². The Hall–Kier alpha value is -4.46. The smallest absolute Gasteiger partial charge is 0.417 e. The van der Waals surface area contributed by atoms with E-state index in [-0.39, 0.29) is 43.7 Å². The normalized spacial score (nSPS) is 27.6. The van der Waals surface area contributed by atoms with Crippen molar-refractivity contribution in [1.82, 2.24) is 14.9 Å². The van der Waals surface area contributed by atoms with Crippen molar-refractivity contribution < 1.29 is 42.2 Å². The van der Waals surface area contributed by atoms with E-state index in [1.54, 1.807) is 48.5 Å². The highest BCUT2D eigenvalue weighted by atomic mass is 35.5.